The number of nitrogens with two attached hydrogens (primary N) is 3. The molecular weight excluding hydrogens is 997 g/mol. The molecule has 17 N–H and O–H groups in total. The highest BCUT2D eigenvalue weighted by atomic mass is 16.2. The maximum atomic E-state index is 14.8. The molecule has 414 valence electrons. The van der Waals surface area contributed by atoms with Crippen molar-refractivity contribution in [1.29, 1.82) is 0 Å². The number of carbonyl (C=O) groups is 10. The van der Waals surface area contributed by atoms with Gasteiger partial charge in [-0.05, 0) is 48.3 Å². The number of aromatic nitrogens is 3. The Bertz CT molecular complexity index is 2740. The molecule has 2 aromatic carbocycles. The van der Waals surface area contributed by atoms with Crippen molar-refractivity contribution in [2.45, 2.75) is 115 Å². The summed E-state index contributed by atoms with van der Waals surface area (Å²) in [6.07, 6.45) is 3.30. The van der Waals surface area contributed by atoms with Crippen LogP contribution in [0.3, 0.4) is 0 Å². The molecular formula is C51H70N16O10. The Morgan fingerprint density at radius 3 is 1.95 bits per heavy atom. The first-order valence-corrected chi connectivity index (χ1v) is 25.2. The van der Waals surface area contributed by atoms with E-state index in [-0.39, 0.29) is 44.6 Å². The summed E-state index contributed by atoms with van der Waals surface area (Å²) in [6, 6.07) is 6.31. The van der Waals surface area contributed by atoms with Gasteiger partial charge < -0.3 is 75.0 Å². The topological polar surface area (TPSA) is 414 Å². The van der Waals surface area contributed by atoms with Crippen molar-refractivity contribution >= 4 is 75.9 Å². The van der Waals surface area contributed by atoms with Gasteiger partial charge in [0.05, 0.1) is 19.4 Å². The zero-order valence-corrected chi connectivity index (χ0v) is 43.4. The SMILES string of the molecule is CC(C)[C@H](NC(=O)[C@@H]1CCC(=O)NCC(=O)N[C@H](Cc2cnc[nH]2)C(=O)N[C@H](Cc2ccccc2)C(=O)N[C@H](CCCN=C(N)N)C(=O)N[C@@H](Cc2c[nH]c3ccccc23)C(=O)N1)C(=O)N[C@H](C(=O)NCC(N)=O)C(C)C. The van der Waals surface area contributed by atoms with E-state index in [2.05, 4.69) is 67.8 Å². The Kier molecular flexibility index (Phi) is 22.0. The van der Waals surface area contributed by atoms with Crippen LogP contribution in [0.4, 0.5) is 0 Å². The van der Waals surface area contributed by atoms with Crippen LogP contribution >= 0.6 is 0 Å². The summed E-state index contributed by atoms with van der Waals surface area (Å²) >= 11 is 0. The Morgan fingerprint density at radius 2 is 1.30 bits per heavy atom. The molecule has 1 fully saturated rings. The van der Waals surface area contributed by atoms with Gasteiger partial charge in [0.1, 0.15) is 42.3 Å². The number of H-pyrrole nitrogens is 2. The Hall–Kier alpha value is -8.84. The summed E-state index contributed by atoms with van der Waals surface area (Å²) in [7, 11) is 0. The van der Waals surface area contributed by atoms with Gasteiger partial charge in [-0.3, -0.25) is 52.9 Å². The molecule has 0 radical (unpaired) electrons. The van der Waals surface area contributed by atoms with Crippen molar-refractivity contribution in [1.82, 2.24) is 62.8 Å². The Labute approximate surface area is 444 Å². The zero-order chi connectivity index (χ0) is 56.2. The number of aromatic amines is 2. The van der Waals surface area contributed by atoms with E-state index >= 15 is 0 Å². The molecule has 26 heteroatoms. The fourth-order valence-corrected chi connectivity index (χ4v) is 8.38. The second kappa shape index (κ2) is 28.7. The normalized spacial score (nSPS) is 20.0. The zero-order valence-electron chi connectivity index (χ0n) is 43.4. The molecule has 3 heterocycles. The van der Waals surface area contributed by atoms with Gasteiger partial charge in [0.15, 0.2) is 5.96 Å². The van der Waals surface area contributed by atoms with E-state index in [4.69, 9.17) is 17.2 Å². The number of nitrogens with zero attached hydrogens (tertiary/aromatic N) is 2. The lowest BCUT2D eigenvalue weighted by Crippen LogP contribution is -2.61. The average molecular weight is 1070 g/mol. The van der Waals surface area contributed by atoms with E-state index in [0.717, 1.165) is 0 Å². The Morgan fingerprint density at radius 1 is 0.688 bits per heavy atom. The summed E-state index contributed by atoms with van der Waals surface area (Å²) in [6.45, 7) is 5.47. The molecule has 1 aliphatic rings. The van der Waals surface area contributed by atoms with E-state index in [9.17, 15) is 47.9 Å². The van der Waals surface area contributed by atoms with Gasteiger partial charge in [-0.15, -0.1) is 0 Å². The fourth-order valence-electron chi connectivity index (χ4n) is 8.38. The molecule has 10 amide bonds. The standard InChI is InChI=1S/C51H70N16O10/c1-27(2)42(49(76)59-24-39(52)68)67-50(77)43(28(3)4)66-45(72)35-16-17-40(69)58-25-41(70)61-38(21-31-23-55-26-60-31)48(75)64-36(19-29-11-6-5-7-12-29)46(73)62-34(15-10-18-56-51(53)54)44(71)65-37(47(74)63-35)20-30-22-57-33-14-9-8-13-32(30)33/h5-9,11-14,22-23,26-28,34-38,42-43,57H,10,15-21,24-25H2,1-4H3,(H2,52,68)(H,55,60)(H,58,69)(H,59,76)(H,61,70)(H,62,73)(H,63,74)(H,64,75)(H,65,71)(H,66,72)(H,67,77)(H4,53,54,56)/t34-,35+,36-,37+,38-,42+,43+/m1/s1. The maximum Gasteiger partial charge on any atom is 0.243 e. The number of hydrogen-bond acceptors (Lipinski definition) is 12. The first-order valence-electron chi connectivity index (χ1n) is 25.2. The minimum Gasteiger partial charge on any atom is -0.370 e. The van der Waals surface area contributed by atoms with Gasteiger partial charge in [0.25, 0.3) is 0 Å². The van der Waals surface area contributed by atoms with Crippen molar-refractivity contribution in [2.75, 3.05) is 19.6 Å². The van der Waals surface area contributed by atoms with E-state index < -0.39 is 139 Å². The van der Waals surface area contributed by atoms with Gasteiger partial charge in [0.2, 0.25) is 59.1 Å². The number of nitrogens with one attached hydrogen (secondary N) is 11. The molecule has 0 spiro atoms. The maximum absolute atomic E-state index is 14.8. The third kappa shape index (κ3) is 18.5. The molecule has 7 atom stereocenters. The van der Waals surface area contributed by atoms with Crippen LogP contribution in [0.2, 0.25) is 0 Å². The monoisotopic (exact) mass is 1070 g/mol. The number of imidazole rings is 1. The molecule has 0 unspecified atom stereocenters. The molecule has 4 aromatic rings. The van der Waals surface area contributed by atoms with E-state index in [1.165, 1.54) is 12.5 Å². The van der Waals surface area contributed by atoms with Crippen molar-refractivity contribution in [3.63, 3.8) is 0 Å². The van der Waals surface area contributed by atoms with Crippen molar-refractivity contribution < 1.29 is 47.9 Å². The van der Waals surface area contributed by atoms with Gasteiger partial charge in [-0.1, -0.05) is 76.2 Å². The number of benzene rings is 2. The van der Waals surface area contributed by atoms with E-state index in [0.29, 0.717) is 27.7 Å². The minimum atomic E-state index is -1.58. The molecule has 2 aromatic heterocycles. The summed E-state index contributed by atoms with van der Waals surface area (Å²) in [5.74, 6) is -9.45. The molecule has 0 bridgehead atoms. The molecule has 5 rings (SSSR count). The molecule has 26 nitrogen and oxygen atoms in total. The number of para-hydroxylation sites is 1. The number of aliphatic imine (C=N–C) groups is 1. The molecule has 0 aliphatic carbocycles. The number of primary amides is 1. The van der Waals surface area contributed by atoms with E-state index in [1.54, 1.807) is 82.4 Å². The lowest BCUT2D eigenvalue weighted by atomic mass is 9.98. The van der Waals surface area contributed by atoms with Crippen molar-refractivity contribution in [2.24, 2.45) is 34.0 Å². The van der Waals surface area contributed by atoms with Crippen LogP contribution < -0.4 is 65.1 Å². The highest BCUT2D eigenvalue weighted by Crippen LogP contribution is 2.20. The van der Waals surface area contributed by atoms with Crippen LogP contribution in [0.15, 0.2) is 78.3 Å². The summed E-state index contributed by atoms with van der Waals surface area (Å²) in [4.78, 5) is 152. The number of hydrogen-bond donors (Lipinski definition) is 14. The third-order valence-corrected chi connectivity index (χ3v) is 12.5. The fraction of sp³-hybridized carbons (Fsp3) is 0.451. The largest absolute Gasteiger partial charge is 0.370 e. The summed E-state index contributed by atoms with van der Waals surface area (Å²) < 4.78 is 0. The molecule has 0 saturated carbocycles. The Balaban J connectivity index is 1.55. The van der Waals surface area contributed by atoms with Gasteiger partial charge in [0, 0.05) is 61.2 Å². The lowest BCUT2D eigenvalue weighted by Gasteiger charge is -2.29. The van der Waals surface area contributed by atoms with Crippen LogP contribution in [0.5, 0.6) is 0 Å². The van der Waals surface area contributed by atoms with Crippen LogP contribution in [0.25, 0.3) is 10.9 Å². The molecule has 1 saturated heterocycles. The van der Waals surface area contributed by atoms with Crippen LogP contribution in [0, 0.1) is 11.8 Å². The van der Waals surface area contributed by atoms with Crippen molar-refractivity contribution in [3.8, 4) is 0 Å². The minimum absolute atomic E-state index is 0.0424. The van der Waals surface area contributed by atoms with Gasteiger partial charge in [-0.25, -0.2) is 4.98 Å². The highest BCUT2D eigenvalue weighted by Gasteiger charge is 2.36. The lowest BCUT2D eigenvalue weighted by molar-refractivity contribution is -0.136. The molecule has 1 aliphatic heterocycles. The second-order valence-electron chi connectivity index (χ2n) is 19.3. The predicted molar refractivity (Wildman–Crippen MR) is 282 cm³/mol. The van der Waals surface area contributed by atoms with Crippen LogP contribution in [0.1, 0.15) is 70.2 Å². The van der Waals surface area contributed by atoms with E-state index in [1.807, 2.05) is 6.07 Å². The van der Waals surface area contributed by atoms with Gasteiger partial charge >= 0.3 is 0 Å². The molecule has 77 heavy (non-hydrogen) atoms. The second-order valence-corrected chi connectivity index (χ2v) is 19.3. The van der Waals surface area contributed by atoms with Crippen molar-refractivity contribution in [3.05, 3.63) is 90.1 Å². The highest BCUT2D eigenvalue weighted by molar-refractivity contribution is 5.99. The number of carbonyl (C=O) groups excluding carboxylic acids is 10. The number of amides is 10. The number of fused-ring (bicyclic) bond motifs is 1. The number of guanidine groups is 1. The first kappa shape index (κ1) is 59.0. The number of rotatable bonds is 19. The summed E-state index contributed by atoms with van der Waals surface area (Å²) in [5, 5.41) is 24.4. The predicted octanol–water partition coefficient (Wildman–Crippen LogP) is -2.81. The van der Waals surface area contributed by atoms with Gasteiger partial charge in [-0.2, -0.15) is 0 Å². The first-order chi connectivity index (χ1) is 36.7. The van der Waals surface area contributed by atoms with Crippen LogP contribution in [-0.2, 0) is 67.2 Å². The smallest absolute Gasteiger partial charge is 0.243 e. The summed E-state index contributed by atoms with van der Waals surface area (Å²) in [5.41, 5.74) is 18.8. The average Bonchev–Trinajstić information content (AvgIpc) is 4.06. The third-order valence-electron chi connectivity index (χ3n) is 12.5. The van der Waals surface area contributed by atoms with Crippen LogP contribution in [-0.4, -0.2) is 142 Å². The quantitative estimate of drug-likeness (QED) is 0.0257.